The summed E-state index contributed by atoms with van der Waals surface area (Å²) in [5.74, 6) is 0.182. The van der Waals surface area contributed by atoms with E-state index in [0.717, 1.165) is 14.9 Å². The third-order valence-electron chi connectivity index (χ3n) is 3.84. The van der Waals surface area contributed by atoms with E-state index in [4.69, 9.17) is 0 Å². The topological polar surface area (TPSA) is 17.1 Å². The van der Waals surface area contributed by atoms with Crippen LogP contribution in [0.2, 0.25) is 0 Å². The maximum atomic E-state index is 11.5. The molecule has 96 valence electrons. The summed E-state index contributed by atoms with van der Waals surface area (Å²) in [6, 6.07) is 14.9. The molecule has 0 saturated heterocycles. The highest BCUT2D eigenvalue weighted by Crippen LogP contribution is 2.26. The van der Waals surface area contributed by atoms with E-state index in [1.165, 1.54) is 21.5 Å². The lowest BCUT2D eigenvalue weighted by Gasteiger charge is -2.07. The van der Waals surface area contributed by atoms with E-state index in [1.807, 2.05) is 6.08 Å². The molecule has 1 aliphatic carbocycles. The molecule has 0 aliphatic heterocycles. The largest absolute Gasteiger partial charge is 0.294 e. The van der Waals surface area contributed by atoms with Gasteiger partial charge in [0.05, 0.1) is 0 Å². The van der Waals surface area contributed by atoms with Crippen LogP contribution >= 0.6 is 15.9 Å². The molecule has 1 aliphatic rings. The molecule has 3 aromatic carbocycles. The fraction of sp³-hybridized carbons (Fsp3) is 0.0556. The summed E-state index contributed by atoms with van der Waals surface area (Å²) in [4.78, 5) is 11.5. The summed E-state index contributed by atoms with van der Waals surface area (Å²) in [5.41, 5.74) is 0. The van der Waals surface area contributed by atoms with Gasteiger partial charge in [-0.3, -0.25) is 4.79 Å². The Hall–Kier alpha value is -1.93. The number of rotatable bonds is 0. The molecule has 0 atom stereocenters. The monoisotopic (exact) mass is 322 g/mol. The van der Waals surface area contributed by atoms with Gasteiger partial charge < -0.3 is 0 Å². The minimum absolute atomic E-state index is 0.182. The molecule has 0 N–H and O–H groups in total. The molecule has 0 aromatic heterocycles. The lowest BCUT2D eigenvalue weighted by Crippen LogP contribution is -2.28. The molecule has 0 saturated carbocycles. The molecule has 1 nitrogen and oxygen atoms in total. The summed E-state index contributed by atoms with van der Waals surface area (Å²) in [6.07, 6.45) is 4.28. The van der Waals surface area contributed by atoms with Crippen molar-refractivity contribution in [3.63, 3.8) is 0 Å². The second-order valence-electron chi connectivity index (χ2n) is 5.15. The second-order valence-corrected chi connectivity index (χ2v) is 6.07. The summed E-state index contributed by atoms with van der Waals surface area (Å²) in [5, 5.41) is 7.09. The fourth-order valence-corrected chi connectivity index (χ4v) is 3.24. The van der Waals surface area contributed by atoms with Crippen LogP contribution in [-0.4, -0.2) is 5.78 Å². The first-order valence-corrected chi connectivity index (χ1v) is 7.37. The van der Waals surface area contributed by atoms with Crippen LogP contribution in [0.1, 0.15) is 6.42 Å². The third kappa shape index (κ3) is 1.80. The van der Waals surface area contributed by atoms with Crippen molar-refractivity contribution in [2.45, 2.75) is 6.42 Å². The summed E-state index contributed by atoms with van der Waals surface area (Å²) >= 11 is 3.51. The van der Waals surface area contributed by atoms with Gasteiger partial charge in [0.1, 0.15) is 0 Å². The first-order valence-electron chi connectivity index (χ1n) is 6.57. The van der Waals surface area contributed by atoms with Crippen LogP contribution in [0.4, 0.5) is 0 Å². The highest BCUT2D eigenvalue weighted by Gasteiger charge is 2.05. The Morgan fingerprint density at radius 3 is 2.50 bits per heavy atom. The molecule has 3 aromatic rings. The van der Waals surface area contributed by atoms with Crippen LogP contribution in [-0.2, 0) is 4.79 Å². The third-order valence-corrected chi connectivity index (χ3v) is 4.33. The Balaban J connectivity index is 2.19. The molecular formula is C18H11BrO. The van der Waals surface area contributed by atoms with Crippen molar-refractivity contribution >= 4 is 55.4 Å². The summed E-state index contributed by atoms with van der Waals surface area (Å²) in [7, 11) is 0. The van der Waals surface area contributed by atoms with E-state index in [0.29, 0.717) is 6.42 Å². The van der Waals surface area contributed by atoms with Gasteiger partial charge in [0, 0.05) is 10.9 Å². The average molecular weight is 323 g/mol. The molecule has 4 rings (SSSR count). The molecule has 20 heavy (non-hydrogen) atoms. The molecule has 2 heteroatoms. The summed E-state index contributed by atoms with van der Waals surface area (Å²) in [6.45, 7) is 0. The maximum absolute atomic E-state index is 11.5. The highest BCUT2D eigenvalue weighted by atomic mass is 79.9. The van der Waals surface area contributed by atoms with Crippen LogP contribution in [0, 0.1) is 0 Å². The molecule has 0 heterocycles. The number of hydrogen-bond acceptors (Lipinski definition) is 1. The van der Waals surface area contributed by atoms with Crippen molar-refractivity contribution in [1.29, 1.82) is 0 Å². The number of Topliss-reactive ketones (excluding diaryl/α,β-unsaturated/α-hetero) is 1. The van der Waals surface area contributed by atoms with Gasteiger partial charge in [-0.05, 0) is 62.3 Å². The first-order chi connectivity index (χ1) is 9.70. The second kappa shape index (κ2) is 4.29. The number of ketones is 1. The zero-order valence-corrected chi connectivity index (χ0v) is 12.3. The van der Waals surface area contributed by atoms with Crippen LogP contribution in [0.25, 0.3) is 33.7 Å². The number of benzene rings is 3. The number of halogens is 1. The van der Waals surface area contributed by atoms with E-state index in [2.05, 4.69) is 58.4 Å². The lowest BCUT2D eigenvalue weighted by atomic mass is 9.98. The minimum atomic E-state index is 0.182. The number of carbonyl (C=O) groups is 1. The molecule has 0 radical (unpaired) electrons. The van der Waals surface area contributed by atoms with Crippen molar-refractivity contribution in [2.75, 3.05) is 0 Å². The van der Waals surface area contributed by atoms with Crippen LogP contribution in [0.5, 0.6) is 0 Å². The van der Waals surface area contributed by atoms with Gasteiger partial charge in [-0.1, -0.05) is 40.2 Å². The number of carbonyl (C=O) groups excluding carboxylic acids is 1. The Morgan fingerprint density at radius 2 is 1.65 bits per heavy atom. The normalized spacial score (nSPS) is 13.9. The van der Waals surface area contributed by atoms with E-state index in [9.17, 15) is 4.79 Å². The van der Waals surface area contributed by atoms with Crippen molar-refractivity contribution in [3.8, 4) is 0 Å². The maximum Gasteiger partial charge on any atom is 0.160 e. The Kier molecular flexibility index (Phi) is 2.54. The van der Waals surface area contributed by atoms with Gasteiger partial charge in [0.15, 0.2) is 5.78 Å². The highest BCUT2D eigenvalue weighted by molar-refractivity contribution is 9.10. The molecule has 0 amide bonds. The predicted molar refractivity (Wildman–Crippen MR) is 87.0 cm³/mol. The van der Waals surface area contributed by atoms with Crippen molar-refractivity contribution in [2.24, 2.45) is 0 Å². The van der Waals surface area contributed by atoms with Crippen LogP contribution < -0.4 is 10.4 Å². The number of hydrogen-bond donors (Lipinski definition) is 0. The van der Waals surface area contributed by atoms with Gasteiger partial charge in [0.25, 0.3) is 0 Å². The number of fused-ring (bicyclic) bond motifs is 4. The van der Waals surface area contributed by atoms with E-state index in [-0.39, 0.29) is 5.78 Å². The van der Waals surface area contributed by atoms with Gasteiger partial charge in [-0.25, -0.2) is 0 Å². The Morgan fingerprint density at radius 1 is 0.850 bits per heavy atom. The molecule has 0 unspecified atom stereocenters. The van der Waals surface area contributed by atoms with E-state index in [1.54, 1.807) is 6.08 Å². The molecule has 0 fully saturated rings. The van der Waals surface area contributed by atoms with Crippen molar-refractivity contribution < 1.29 is 4.79 Å². The predicted octanol–water partition coefficient (Wildman–Crippen LogP) is 3.29. The minimum Gasteiger partial charge on any atom is -0.294 e. The van der Waals surface area contributed by atoms with E-state index >= 15 is 0 Å². The van der Waals surface area contributed by atoms with Crippen molar-refractivity contribution in [1.82, 2.24) is 0 Å². The van der Waals surface area contributed by atoms with Crippen LogP contribution in [0.15, 0.2) is 46.9 Å². The molecule has 0 bridgehead atoms. The van der Waals surface area contributed by atoms with Gasteiger partial charge in [-0.15, -0.1) is 0 Å². The molecule has 0 spiro atoms. The zero-order valence-electron chi connectivity index (χ0n) is 10.7. The van der Waals surface area contributed by atoms with Crippen molar-refractivity contribution in [3.05, 3.63) is 57.4 Å². The summed E-state index contributed by atoms with van der Waals surface area (Å²) < 4.78 is 1.09. The van der Waals surface area contributed by atoms with Crippen LogP contribution in [0.3, 0.4) is 0 Å². The van der Waals surface area contributed by atoms with Gasteiger partial charge in [-0.2, -0.15) is 0 Å². The first kappa shape index (κ1) is 11.9. The quantitative estimate of drug-likeness (QED) is 0.580. The average Bonchev–Trinajstić information content (AvgIpc) is 2.44. The fourth-order valence-electron chi connectivity index (χ4n) is 2.86. The smallest absolute Gasteiger partial charge is 0.160 e. The van der Waals surface area contributed by atoms with Gasteiger partial charge >= 0.3 is 0 Å². The Labute approximate surface area is 124 Å². The lowest BCUT2D eigenvalue weighted by molar-refractivity contribution is -0.112. The molecular weight excluding hydrogens is 312 g/mol. The zero-order chi connectivity index (χ0) is 13.7. The van der Waals surface area contributed by atoms with Gasteiger partial charge in [0.2, 0.25) is 0 Å². The standard InChI is InChI=1S/C18H11BrO/c19-15-4-6-17-13(8-15)2-1-12-7-14-9-16(20)5-3-11(14)10-18(12)17/h1-4,6-10H,5H2. The van der Waals surface area contributed by atoms with E-state index < -0.39 is 0 Å². The SMILES string of the molecule is O=C1C=c2cc3ccc4cc(Br)ccc4c3cc2=CC1. The Bertz CT molecular complexity index is 999.